The second kappa shape index (κ2) is 7.53. The van der Waals surface area contributed by atoms with E-state index < -0.39 is 0 Å². The van der Waals surface area contributed by atoms with Gasteiger partial charge < -0.3 is 9.64 Å². The van der Waals surface area contributed by atoms with Gasteiger partial charge in [0.25, 0.3) is 0 Å². The molecule has 0 saturated carbocycles. The molecule has 7 nitrogen and oxygen atoms in total. The smallest absolute Gasteiger partial charge is 0.223 e. The quantitative estimate of drug-likeness (QED) is 0.905. The highest BCUT2D eigenvalue weighted by atomic mass is 16.5. The number of hydrogen-bond donors (Lipinski definition) is 1. The number of amides is 1. The fourth-order valence-corrected chi connectivity index (χ4v) is 2.69. The molecule has 128 valence electrons. The minimum Gasteiger partial charge on any atom is -0.367 e. The van der Waals surface area contributed by atoms with Crippen LogP contribution in [0.1, 0.15) is 49.5 Å². The summed E-state index contributed by atoms with van der Waals surface area (Å²) < 4.78 is 5.76. The highest BCUT2D eigenvalue weighted by Gasteiger charge is 2.27. The Morgan fingerprint density at radius 3 is 3.08 bits per heavy atom. The molecular formula is C17H23N5O2. The SMILES string of the molecule is CC(C)c1n[nH]c([C@@H]2CN(C(=O)CCc3cccnc3)CCO2)n1. The minimum atomic E-state index is -0.235. The maximum Gasteiger partial charge on any atom is 0.223 e. The molecule has 1 aliphatic heterocycles. The van der Waals surface area contributed by atoms with Gasteiger partial charge in [0.2, 0.25) is 5.91 Å². The van der Waals surface area contributed by atoms with E-state index in [4.69, 9.17) is 4.74 Å². The van der Waals surface area contributed by atoms with Crippen molar-refractivity contribution >= 4 is 5.91 Å². The molecular weight excluding hydrogens is 306 g/mol. The number of nitrogens with zero attached hydrogens (tertiary/aromatic N) is 4. The Balaban J connectivity index is 1.57. The van der Waals surface area contributed by atoms with Crippen LogP contribution in [0.5, 0.6) is 0 Å². The number of aromatic amines is 1. The third-order valence-electron chi connectivity index (χ3n) is 4.11. The molecule has 0 radical (unpaired) electrons. The van der Waals surface area contributed by atoms with E-state index in [1.807, 2.05) is 30.9 Å². The van der Waals surface area contributed by atoms with Gasteiger partial charge in [0.05, 0.1) is 13.2 Å². The highest BCUT2D eigenvalue weighted by molar-refractivity contribution is 5.76. The Morgan fingerprint density at radius 1 is 1.50 bits per heavy atom. The summed E-state index contributed by atoms with van der Waals surface area (Å²) in [4.78, 5) is 22.9. The van der Waals surface area contributed by atoms with Crippen molar-refractivity contribution in [3.8, 4) is 0 Å². The fraction of sp³-hybridized carbons (Fsp3) is 0.529. The normalized spacial score (nSPS) is 18.1. The van der Waals surface area contributed by atoms with Crippen molar-refractivity contribution in [2.75, 3.05) is 19.7 Å². The third-order valence-corrected chi connectivity index (χ3v) is 4.11. The molecule has 2 aromatic heterocycles. The first-order chi connectivity index (χ1) is 11.6. The fourth-order valence-electron chi connectivity index (χ4n) is 2.69. The zero-order valence-electron chi connectivity index (χ0n) is 14.1. The lowest BCUT2D eigenvalue weighted by atomic mass is 10.1. The zero-order chi connectivity index (χ0) is 16.9. The molecule has 1 N–H and O–H groups in total. The standard InChI is InChI=1S/C17H23N5O2/c1-12(2)16-19-17(21-20-16)14-11-22(8-9-24-14)15(23)6-5-13-4-3-7-18-10-13/h3-4,7,10,12,14H,5-6,8-9,11H2,1-2H3,(H,19,20,21)/t14-/m0/s1. The number of nitrogens with one attached hydrogen (secondary N) is 1. The van der Waals surface area contributed by atoms with E-state index in [2.05, 4.69) is 20.2 Å². The summed E-state index contributed by atoms with van der Waals surface area (Å²) in [5.41, 5.74) is 1.08. The van der Waals surface area contributed by atoms with Crippen LogP contribution in [0.3, 0.4) is 0 Å². The van der Waals surface area contributed by atoms with Gasteiger partial charge in [0.15, 0.2) is 11.6 Å². The number of ether oxygens (including phenoxy) is 1. The average Bonchev–Trinajstić information content (AvgIpc) is 3.11. The van der Waals surface area contributed by atoms with E-state index in [9.17, 15) is 4.79 Å². The van der Waals surface area contributed by atoms with Gasteiger partial charge in [0, 0.05) is 31.3 Å². The summed E-state index contributed by atoms with van der Waals surface area (Å²) >= 11 is 0. The maximum atomic E-state index is 12.5. The molecule has 0 bridgehead atoms. The first-order valence-electron chi connectivity index (χ1n) is 8.34. The average molecular weight is 329 g/mol. The lowest BCUT2D eigenvalue weighted by Gasteiger charge is -2.32. The van der Waals surface area contributed by atoms with Gasteiger partial charge in [-0.05, 0) is 18.1 Å². The number of morpholine rings is 1. The van der Waals surface area contributed by atoms with Crippen LogP contribution < -0.4 is 0 Å². The Labute approximate surface area is 141 Å². The van der Waals surface area contributed by atoms with E-state index in [0.29, 0.717) is 38.4 Å². The molecule has 7 heteroatoms. The second-order valence-corrected chi connectivity index (χ2v) is 6.29. The maximum absolute atomic E-state index is 12.5. The first kappa shape index (κ1) is 16.6. The summed E-state index contributed by atoms with van der Waals surface area (Å²) in [6.07, 6.45) is 4.49. The van der Waals surface area contributed by atoms with Crippen LogP contribution in [0, 0.1) is 0 Å². The van der Waals surface area contributed by atoms with Crippen molar-refractivity contribution in [3.05, 3.63) is 41.7 Å². The number of H-pyrrole nitrogens is 1. The van der Waals surface area contributed by atoms with Crippen molar-refractivity contribution in [2.24, 2.45) is 0 Å². The molecule has 0 unspecified atom stereocenters. The third kappa shape index (κ3) is 3.97. The number of rotatable bonds is 5. The van der Waals surface area contributed by atoms with Gasteiger partial charge in [-0.1, -0.05) is 19.9 Å². The summed E-state index contributed by atoms with van der Waals surface area (Å²) in [7, 11) is 0. The summed E-state index contributed by atoms with van der Waals surface area (Å²) in [6.45, 7) is 5.74. The summed E-state index contributed by atoms with van der Waals surface area (Å²) in [5, 5.41) is 7.15. The van der Waals surface area contributed by atoms with Gasteiger partial charge in [-0.25, -0.2) is 4.98 Å². The Kier molecular flexibility index (Phi) is 5.20. The van der Waals surface area contributed by atoms with E-state index in [0.717, 1.165) is 11.4 Å². The van der Waals surface area contributed by atoms with Crippen molar-refractivity contribution in [1.82, 2.24) is 25.1 Å². The van der Waals surface area contributed by atoms with Crippen LogP contribution in [-0.2, 0) is 16.0 Å². The topological polar surface area (TPSA) is 84.0 Å². The molecule has 2 aromatic rings. The molecule has 0 aliphatic carbocycles. The van der Waals surface area contributed by atoms with E-state index in [-0.39, 0.29) is 17.9 Å². The monoisotopic (exact) mass is 329 g/mol. The van der Waals surface area contributed by atoms with Gasteiger partial charge in [-0.3, -0.25) is 14.9 Å². The van der Waals surface area contributed by atoms with E-state index >= 15 is 0 Å². The first-order valence-corrected chi connectivity index (χ1v) is 8.34. The largest absolute Gasteiger partial charge is 0.367 e. The number of aromatic nitrogens is 4. The lowest BCUT2D eigenvalue weighted by Crippen LogP contribution is -2.42. The lowest BCUT2D eigenvalue weighted by molar-refractivity contribution is -0.139. The molecule has 1 fully saturated rings. The Bertz CT molecular complexity index is 671. The molecule has 0 spiro atoms. The van der Waals surface area contributed by atoms with Crippen LogP contribution >= 0.6 is 0 Å². The molecule has 3 rings (SSSR count). The van der Waals surface area contributed by atoms with E-state index in [1.165, 1.54) is 0 Å². The number of aryl methyl sites for hydroxylation is 1. The van der Waals surface area contributed by atoms with Crippen molar-refractivity contribution < 1.29 is 9.53 Å². The summed E-state index contributed by atoms with van der Waals surface area (Å²) in [5.74, 6) is 1.86. The molecule has 24 heavy (non-hydrogen) atoms. The second-order valence-electron chi connectivity index (χ2n) is 6.29. The zero-order valence-corrected chi connectivity index (χ0v) is 14.1. The van der Waals surface area contributed by atoms with Crippen LogP contribution in [0.2, 0.25) is 0 Å². The van der Waals surface area contributed by atoms with Crippen LogP contribution in [0.15, 0.2) is 24.5 Å². The van der Waals surface area contributed by atoms with Crippen molar-refractivity contribution in [1.29, 1.82) is 0 Å². The number of hydrogen-bond acceptors (Lipinski definition) is 5. The molecule has 0 aromatic carbocycles. The predicted molar refractivity (Wildman–Crippen MR) is 88.3 cm³/mol. The van der Waals surface area contributed by atoms with Crippen LogP contribution in [0.25, 0.3) is 0 Å². The predicted octanol–water partition coefficient (Wildman–Crippen LogP) is 1.86. The highest BCUT2D eigenvalue weighted by Crippen LogP contribution is 2.21. The van der Waals surface area contributed by atoms with E-state index in [1.54, 1.807) is 12.4 Å². The molecule has 3 heterocycles. The van der Waals surface area contributed by atoms with Gasteiger partial charge in [0.1, 0.15) is 6.10 Å². The molecule has 1 aliphatic rings. The number of carbonyl (C=O) groups excluding carboxylic acids is 1. The molecule has 1 atom stereocenters. The molecule has 1 amide bonds. The molecule has 1 saturated heterocycles. The van der Waals surface area contributed by atoms with Crippen LogP contribution in [0.4, 0.5) is 0 Å². The minimum absolute atomic E-state index is 0.135. The van der Waals surface area contributed by atoms with Crippen molar-refractivity contribution in [2.45, 2.75) is 38.7 Å². The van der Waals surface area contributed by atoms with Gasteiger partial charge in [-0.2, -0.15) is 5.10 Å². The van der Waals surface area contributed by atoms with Gasteiger partial charge >= 0.3 is 0 Å². The Hall–Kier alpha value is -2.28. The van der Waals surface area contributed by atoms with Gasteiger partial charge in [-0.15, -0.1) is 0 Å². The van der Waals surface area contributed by atoms with Crippen molar-refractivity contribution in [3.63, 3.8) is 0 Å². The number of pyridine rings is 1. The van der Waals surface area contributed by atoms with Crippen LogP contribution in [-0.4, -0.2) is 50.7 Å². The Morgan fingerprint density at radius 2 is 2.38 bits per heavy atom. The number of carbonyl (C=O) groups is 1. The summed E-state index contributed by atoms with van der Waals surface area (Å²) in [6, 6.07) is 3.88.